The molecule has 0 atom stereocenters. The number of aromatic nitrogens is 2. The van der Waals surface area contributed by atoms with Crippen LogP contribution in [0.3, 0.4) is 0 Å². The van der Waals surface area contributed by atoms with E-state index < -0.39 is 11.1 Å². The third-order valence-electron chi connectivity index (χ3n) is 3.36. The van der Waals surface area contributed by atoms with Gasteiger partial charge in [0, 0.05) is 18.2 Å². The van der Waals surface area contributed by atoms with Gasteiger partial charge in [0.15, 0.2) is 0 Å². The van der Waals surface area contributed by atoms with Gasteiger partial charge in [-0.3, -0.25) is 4.79 Å². The van der Waals surface area contributed by atoms with Crippen molar-refractivity contribution in [1.82, 2.24) is 9.55 Å². The summed E-state index contributed by atoms with van der Waals surface area (Å²) in [5.74, 6) is 0.133. The molecule has 0 unspecified atom stereocenters. The first-order chi connectivity index (χ1) is 9.60. The van der Waals surface area contributed by atoms with Crippen molar-refractivity contribution in [1.29, 1.82) is 0 Å². The molecule has 104 valence electrons. The molecule has 1 aromatic carbocycles. The summed E-state index contributed by atoms with van der Waals surface area (Å²) >= 11 is 5.38. The molecule has 0 spiro atoms. The molecule has 0 radical (unpaired) electrons. The highest BCUT2D eigenvalue weighted by Gasteiger charge is 2.26. The fraction of sp³-hybridized carbons (Fsp3) is 0.286. The van der Waals surface area contributed by atoms with Crippen molar-refractivity contribution in [3.05, 3.63) is 41.7 Å². The Hall–Kier alpha value is -1.88. The summed E-state index contributed by atoms with van der Waals surface area (Å²) in [4.78, 5) is 15.6. The zero-order chi connectivity index (χ0) is 14.3. The van der Waals surface area contributed by atoms with Crippen LogP contribution >= 0.6 is 11.6 Å². The molecular weight excluding hydrogens is 283 g/mol. The molecule has 1 aromatic heterocycles. The summed E-state index contributed by atoms with van der Waals surface area (Å²) in [6.07, 6.45) is 5.79. The van der Waals surface area contributed by atoms with Gasteiger partial charge in [-0.15, -0.1) is 0 Å². The van der Waals surface area contributed by atoms with E-state index in [0.29, 0.717) is 17.4 Å². The van der Waals surface area contributed by atoms with Gasteiger partial charge < -0.3 is 9.30 Å². The second-order valence-corrected chi connectivity index (χ2v) is 5.10. The Morgan fingerprint density at radius 2 is 2.25 bits per heavy atom. The van der Waals surface area contributed by atoms with Gasteiger partial charge >= 0.3 is 0 Å². The van der Waals surface area contributed by atoms with Crippen molar-refractivity contribution in [2.24, 2.45) is 0 Å². The molecule has 4 nitrogen and oxygen atoms in total. The molecule has 1 aliphatic carbocycles. The standard InChI is InChI=1S/C14H12ClFN2O2/c1-20-13-5-10(16)9(14(15)19)4-12(13)18-6-11(17-7-18)8-2-3-8/h4-8H,2-3H2,1H3. The van der Waals surface area contributed by atoms with E-state index in [1.54, 1.807) is 10.9 Å². The lowest BCUT2D eigenvalue weighted by Gasteiger charge is -2.10. The normalized spacial score (nSPS) is 14.3. The highest BCUT2D eigenvalue weighted by Crippen LogP contribution is 2.39. The molecule has 1 heterocycles. The second-order valence-electron chi connectivity index (χ2n) is 4.76. The number of benzene rings is 1. The van der Waals surface area contributed by atoms with Crippen LogP contribution < -0.4 is 4.74 Å². The second kappa shape index (κ2) is 4.90. The molecule has 0 N–H and O–H groups in total. The van der Waals surface area contributed by atoms with Gasteiger partial charge in [-0.25, -0.2) is 9.37 Å². The average Bonchev–Trinajstić information content (AvgIpc) is 3.16. The van der Waals surface area contributed by atoms with E-state index >= 15 is 0 Å². The van der Waals surface area contributed by atoms with E-state index in [1.165, 1.54) is 13.2 Å². The Kier molecular flexibility index (Phi) is 3.22. The molecule has 6 heteroatoms. The maximum absolute atomic E-state index is 13.7. The Labute approximate surface area is 120 Å². The van der Waals surface area contributed by atoms with Gasteiger partial charge in [0.25, 0.3) is 5.24 Å². The molecular formula is C14H12ClFN2O2. The van der Waals surface area contributed by atoms with Crippen molar-refractivity contribution in [3.8, 4) is 11.4 Å². The zero-order valence-electron chi connectivity index (χ0n) is 10.8. The Balaban J connectivity index is 2.09. The maximum Gasteiger partial charge on any atom is 0.255 e. The van der Waals surface area contributed by atoms with Gasteiger partial charge in [-0.2, -0.15) is 0 Å². The van der Waals surface area contributed by atoms with Crippen LogP contribution in [0.1, 0.15) is 34.8 Å². The van der Waals surface area contributed by atoms with Crippen LogP contribution in [0.15, 0.2) is 24.7 Å². The molecule has 1 saturated carbocycles. The smallest absolute Gasteiger partial charge is 0.255 e. The van der Waals surface area contributed by atoms with Crippen LogP contribution in [-0.2, 0) is 0 Å². The van der Waals surface area contributed by atoms with Gasteiger partial charge in [0.2, 0.25) is 0 Å². The summed E-state index contributed by atoms with van der Waals surface area (Å²) < 4.78 is 20.6. The SMILES string of the molecule is COc1cc(F)c(C(=O)Cl)cc1-n1cnc(C2CC2)c1. The Morgan fingerprint density at radius 1 is 1.50 bits per heavy atom. The summed E-state index contributed by atoms with van der Waals surface area (Å²) in [6, 6.07) is 2.53. The molecule has 3 rings (SSSR count). The van der Waals surface area contributed by atoms with Crippen molar-refractivity contribution < 1.29 is 13.9 Å². The van der Waals surface area contributed by atoms with E-state index in [-0.39, 0.29) is 5.56 Å². The fourth-order valence-electron chi connectivity index (χ4n) is 2.12. The van der Waals surface area contributed by atoms with Crippen LogP contribution in [-0.4, -0.2) is 21.9 Å². The first kappa shape index (κ1) is 13.1. The highest BCUT2D eigenvalue weighted by molar-refractivity contribution is 6.67. The number of carbonyl (C=O) groups is 1. The third kappa shape index (κ3) is 2.29. The van der Waals surface area contributed by atoms with Gasteiger partial charge in [-0.05, 0) is 30.5 Å². The lowest BCUT2D eigenvalue weighted by Crippen LogP contribution is -2.02. The number of carbonyl (C=O) groups excluding carboxylic acids is 1. The van der Waals surface area contributed by atoms with Crippen molar-refractivity contribution in [2.75, 3.05) is 7.11 Å². The largest absolute Gasteiger partial charge is 0.494 e. The summed E-state index contributed by atoms with van der Waals surface area (Å²) in [7, 11) is 1.44. The molecule has 0 saturated heterocycles. The predicted molar refractivity (Wildman–Crippen MR) is 72.2 cm³/mol. The van der Waals surface area contributed by atoms with Crippen LogP contribution in [0, 0.1) is 5.82 Å². The number of ether oxygens (including phenoxy) is 1. The maximum atomic E-state index is 13.7. The van der Waals surface area contributed by atoms with Crippen LogP contribution in [0.5, 0.6) is 5.75 Å². The number of halogens is 2. The molecule has 1 fully saturated rings. The summed E-state index contributed by atoms with van der Waals surface area (Å²) in [5, 5.41) is -0.839. The Morgan fingerprint density at radius 3 is 2.85 bits per heavy atom. The molecule has 0 aliphatic heterocycles. The minimum atomic E-state index is -0.839. The summed E-state index contributed by atoms with van der Waals surface area (Å²) in [5.41, 5.74) is 1.36. The zero-order valence-corrected chi connectivity index (χ0v) is 11.5. The molecule has 20 heavy (non-hydrogen) atoms. The van der Waals surface area contributed by atoms with Crippen molar-refractivity contribution >= 4 is 16.8 Å². The molecule has 1 aliphatic rings. The van der Waals surface area contributed by atoms with Crippen LogP contribution in [0.4, 0.5) is 4.39 Å². The van der Waals surface area contributed by atoms with E-state index in [4.69, 9.17) is 16.3 Å². The predicted octanol–water partition coefficient (Wildman–Crippen LogP) is 3.28. The van der Waals surface area contributed by atoms with Crippen molar-refractivity contribution in [2.45, 2.75) is 18.8 Å². The monoisotopic (exact) mass is 294 g/mol. The minimum Gasteiger partial charge on any atom is -0.494 e. The molecule has 0 bridgehead atoms. The lowest BCUT2D eigenvalue weighted by atomic mass is 10.2. The number of rotatable bonds is 4. The number of hydrogen-bond acceptors (Lipinski definition) is 3. The summed E-state index contributed by atoms with van der Waals surface area (Å²) in [6.45, 7) is 0. The van der Waals surface area contributed by atoms with E-state index in [1.807, 2.05) is 6.20 Å². The van der Waals surface area contributed by atoms with E-state index in [9.17, 15) is 9.18 Å². The first-order valence-electron chi connectivity index (χ1n) is 6.21. The first-order valence-corrected chi connectivity index (χ1v) is 6.59. The lowest BCUT2D eigenvalue weighted by molar-refractivity contribution is 0.107. The number of imidazole rings is 1. The highest BCUT2D eigenvalue weighted by atomic mass is 35.5. The van der Waals surface area contributed by atoms with E-state index in [0.717, 1.165) is 24.6 Å². The number of methoxy groups -OCH3 is 1. The van der Waals surface area contributed by atoms with Gasteiger partial charge in [-0.1, -0.05) is 0 Å². The number of hydrogen-bond donors (Lipinski definition) is 0. The fourth-order valence-corrected chi connectivity index (χ4v) is 2.26. The van der Waals surface area contributed by atoms with E-state index in [2.05, 4.69) is 4.98 Å². The van der Waals surface area contributed by atoms with Crippen LogP contribution in [0.2, 0.25) is 0 Å². The number of nitrogens with zero attached hydrogens (tertiary/aromatic N) is 2. The average molecular weight is 295 g/mol. The third-order valence-corrected chi connectivity index (χ3v) is 3.56. The quantitative estimate of drug-likeness (QED) is 0.813. The van der Waals surface area contributed by atoms with Crippen molar-refractivity contribution in [3.63, 3.8) is 0 Å². The molecule has 0 amide bonds. The minimum absolute atomic E-state index is 0.177. The molecule has 2 aromatic rings. The van der Waals surface area contributed by atoms with Gasteiger partial charge in [0.05, 0.1) is 30.4 Å². The Bertz CT molecular complexity index is 680. The topological polar surface area (TPSA) is 44.1 Å². The van der Waals surface area contributed by atoms with Gasteiger partial charge in [0.1, 0.15) is 11.6 Å². The van der Waals surface area contributed by atoms with Crippen LogP contribution in [0.25, 0.3) is 5.69 Å².